The summed E-state index contributed by atoms with van der Waals surface area (Å²) in [4.78, 5) is 0. The number of rotatable bonds is 7. The van der Waals surface area contributed by atoms with Crippen LogP contribution in [0.5, 0.6) is 23.0 Å². The van der Waals surface area contributed by atoms with E-state index >= 15 is 0 Å². The van der Waals surface area contributed by atoms with Gasteiger partial charge < -0.3 is 9.47 Å². The van der Waals surface area contributed by atoms with Crippen molar-refractivity contribution in [2.75, 3.05) is 0 Å². The van der Waals surface area contributed by atoms with Crippen LogP contribution in [0.25, 0.3) is 77.9 Å². The molecule has 2 heteroatoms. The second-order valence-electron chi connectivity index (χ2n) is 17.8. The molecule has 0 unspecified atom stereocenters. The third kappa shape index (κ3) is 6.48. The van der Waals surface area contributed by atoms with Crippen molar-refractivity contribution >= 4 is 0 Å². The van der Waals surface area contributed by atoms with E-state index in [9.17, 15) is 0 Å². The van der Waals surface area contributed by atoms with Crippen LogP contribution < -0.4 is 9.47 Å². The summed E-state index contributed by atoms with van der Waals surface area (Å²) in [7, 11) is 0. The Labute approximate surface area is 403 Å². The minimum atomic E-state index is -0.678. The van der Waals surface area contributed by atoms with E-state index in [2.05, 4.69) is 267 Å². The zero-order chi connectivity index (χ0) is 45.7. The molecule has 11 aromatic rings. The van der Waals surface area contributed by atoms with Gasteiger partial charge in [-0.05, 0) is 90.5 Å². The van der Waals surface area contributed by atoms with Crippen LogP contribution in [0.4, 0.5) is 0 Å². The second-order valence-corrected chi connectivity index (χ2v) is 17.8. The fourth-order valence-corrected chi connectivity index (χ4v) is 11.2. The molecule has 0 N–H and O–H groups in total. The number of para-hydroxylation sites is 4. The third-order valence-corrected chi connectivity index (χ3v) is 14.0. The summed E-state index contributed by atoms with van der Waals surface area (Å²) < 4.78 is 13.8. The standard InChI is InChI=1S/C67H44O2/c1-6-23-46(24-7-1)60-61(47-25-8-2-9-26-47)63(49-29-12-4-13-30-49)65(64(50-31-14-5-15-32-50)62(60)48-27-10-3-11-28-48)51-43-41-45(42-44-51)52-33-22-37-56-66(52)69-59-40-21-18-36-55(59)67(56)53-34-16-19-38-57(53)68-58-39-20-17-35-54(58)67/h1-44H. The lowest BCUT2D eigenvalue weighted by Gasteiger charge is -2.45. The molecule has 0 aromatic heterocycles. The zero-order valence-electron chi connectivity index (χ0n) is 37.7. The molecule has 324 valence electrons. The first-order valence-corrected chi connectivity index (χ1v) is 23.7. The van der Waals surface area contributed by atoms with Gasteiger partial charge in [0.25, 0.3) is 0 Å². The Morgan fingerprint density at radius 1 is 0.203 bits per heavy atom. The Morgan fingerprint density at radius 2 is 0.478 bits per heavy atom. The van der Waals surface area contributed by atoms with Gasteiger partial charge in [-0.1, -0.05) is 249 Å². The average Bonchev–Trinajstić information content (AvgIpc) is 3.43. The fraction of sp³-hybridized carbons (Fsp3) is 0.0149. The molecule has 2 aliphatic heterocycles. The summed E-state index contributed by atoms with van der Waals surface area (Å²) in [6, 6.07) is 96.0. The first-order valence-electron chi connectivity index (χ1n) is 23.7. The molecule has 1 spiro atoms. The number of fused-ring (bicyclic) bond motifs is 8. The van der Waals surface area contributed by atoms with Gasteiger partial charge in [-0.3, -0.25) is 0 Å². The molecule has 11 aromatic carbocycles. The largest absolute Gasteiger partial charge is 0.457 e. The predicted molar refractivity (Wildman–Crippen MR) is 283 cm³/mol. The Bertz CT molecular complexity index is 3510. The molecule has 0 atom stereocenters. The molecule has 0 radical (unpaired) electrons. The van der Waals surface area contributed by atoms with Crippen LogP contribution in [0.1, 0.15) is 22.3 Å². The maximum Gasteiger partial charge on any atom is 0.140 e. The molecule has 0 aliphatic carbocycles. The molecular formula is C67H44O2. The normalized spacial score (nSPS) is 12.7. The second kappa shape index (κ2) is 16.7. The fourth-order valence-electron chi connectivity index (χ4n) is 11.2. The lowest BCUT2D eigenvalue weighted by Crippen LogP contribution is -2.36. The quantitative estimate of drug-likeness (QED) is 0.159. The van der Waals surface area contributed by atoms with Gasteiger partial charge in [0, 0.05) is 27.8 Å². The van der Waals surface area contributed by atoms with Crippen LogP contribution in [-0.4, -0.2) is 0 Å². The van der Waals surface area contributed by atoms with E-state index in [1.807, 2.05) is 0 Å². The van der Waals surface area contributed by atoms with Gasteiger partial charge >= 0.3 is 0 Å². The van der Waals surface area contributed by atoms with Gasteiger partial charge in [-0.2, -0.15) is 0 Å². The minimum Gasteiger partial charge on any atom is -0.457 e. The van der Waals surface area contributed by atoms with E-state index < -0.39 is 5.41 Å². The Hall–Kier alpha value is -8.98. The van der Waals surface area contributed by atoms with Gasteiger partial charge in [0.15, 0.2) is 0 Å². The first kappa shape index (κ1) is 40.3. The molecule has 2 nitrogen and oxygen atoms in total. The SMILES string of the molecule is c1ccc(-c2c(-c3ccccc3)c(-c3ccccc3)c(-c3ccc(-c4cccc5c4Oc4ccccc4C54c5ccccc5Oc5ccccc54)cc3)c(-c3ccccc3)c2-c2ccccc2)cc1. The van der Waals surface area contributed by atoms with Gasteiger partial charge in [0.05, 0.1) is 5.41 Å². The molecule has 69 heavy (non-hydrogen) atoms. The summed E-state index contributed by atoms with van der Waals surface area (Å²) in [6.07, 6.45) is 0. The summed E-state index contributed by atoms with van der Waals surface area (Å²) in [5, 5.41) is 0. The topological polar surface area (TPSA) is 18.5 Å². The monoisotopic (exact) mass is 880 g/mol. The highest BCUT2D eigenvalue weighted by molar-refractivity contribution is 6.15. The Kier molecular flexibility index (Phi) is 9.77. The van der Waals surface area contributed by atoms with Crippen molar-refractivity contribution in [3.8, 4) is 101 Å². The molecule has 13 rings (SSSR count). The van der Waals surface area contributed by atoms with Gasteiger partial charge in [0.2, 0.25) is 0 Å². The summed E-state index contributed by atoms with van der Waals surface area (Å²) >= 11 is 0. The number of benzene rings is 11. The van der Waals surface area contributed by atoms with Crippen LogP contribution in [-0.2, 0) is 5.41 Å². The Morgan fingerprint density at radius 3 is 0.841 bits per heavy atom. The van der Waals surface area contributed by atoms with E-state index in [1.54, 1.807) is 0 Å². The highest BCUT2D eigenvalue weighted by Crippen LogP contribution is 2.63. The van der Waals surface area contributed by atoms with E-state index in [4.69, 9.17) is 9.47 Å². The lowest BCUT2D eigenvalue weighted by molar-refractivity contribution is 0.400. The van der Waals surface area contributed by atoms with E-state index in [-0.39, 0.29) is 0 Å². The van der Waals surface area contributed by atoms with Crippen LogP contribution in [0.3, 0.4) is 0 Å². The van der Waals surface area contributed by atoms with Crippen LogP contribution in [0, 0.1) is 0 Å². The lowest BCUT2D eigenvalue weighted by atomic mass is 9.62. The summed E-state index contributed by atoms with van der Waals surface area (Å²) in [6.45, 7) is 0. The van der Waals surface area contributed by atoms with E-state index in [1.165, 1.54) is 33.4 Å². The number of hydrogen-bond donors (Lipinski definition) is 0. The summed E-state index contributed by atoms with van der Waals surface area (Å²) in [5.41, 5.74) is 19.8. The van der Waals surface area contributed by atoms with Crippen molar-refractivity contribution in [3.63, 3.8) is 0 Å². The van der Waals surface area contributed by atoms with Gasteiger partial charge in [-0.25, -0.2) is 0 Å². The first-order chi connectivity index (χ1) is 34.3. The molecule has 0 saturated heterocycles. The maximum atomic E-state index is 7.13. The zero-order valence-corrected chi connectivity index (χ0v) is 37.7. The number of hydrogen-bond acceptors (Lipinski definition) is 2. The van der Waals surface area contributed by atoms with Crippen molar-refractivity contribution in [3.05, 3.63) is 289 Å². The van der Waals surface area contributed by atoms with Crippen molar-refractivity contribution in [1.82, 2.24) is 0 Å². The van der Waals surface area contributed by atoms with Crippen molar-refractivity contribution in [1.29, 1.82) is 0 Å². The molecule has 0 amide bonds. The molecule has 2 aliphatic rings. The molecule has 0 saturated carbocycles. The van der Waals surface area contributed by atoms with Gasteiger partial charge in [0.1, 0.15) is 23.0 Å². The minimum absolute atomic E-state index is 0.678. The third-order valence-electron chi connectivity index (χ3n) is 14.0. The van der Waals surface area contributed by atoms with Crippen LogP contribution in [0.2, 0.25) is 0 Å². The molecular weight excluding hydrogens is 837 g/mol. The van der Waals surface area contributed by atoms with E-state index in [0.29, 0.717) is 0 Å². The van der Waals surface area contributed by atoms with Crippen molar-refractivity contribution < 1.29 is 9.47 Å². The van der Waals surface area contributed by atoms with Crippen molar-refractivity contribution in [2.24, 2.45) is 0 Å². The molecule has 2 heterocycles. The predicted octanol–water partition coefficient (Wildman–Crippen LogP) is 17.9. The number of ether oxygens (including phenoxy) is 2. The Balaban J connectivity index is 1.10. The van der Waals surface area contributed by atoms with Crippen LogP contribution >= 0.6 is 0 Å². The molecule has 0 fully saturated rings. The average molecular weight is 881 g/mol. The van der Waals surface area contributed by atoms with E-state index in [0.717, 1.165) is 89.8 Å². The van der Waals surface area contributed by atoms with Crippen LogP contribution in [0.15, 0.2) is 267 Å². The maximum absolute atomic E-state index is 7.13. The summed E-state index contributed by atoms with van der Waals surface area (Å²) in [5.74, 6) is 3.37. The highest BCUT2D eigenvalue weighted by Gasteiger charge is 2.50. The smallest absolute Gasteiger partial charge is 0.140 e. The molecule has 0 bridgehead atoms. The van der Waals surface area contributed by atoms with Gasteiger partial charge in [-0.15, -0.1) is 0 Å². The highest BCUT2D eigenvalue weighted by atomic mass is 16.5. The van der Waals surface area contributed by atoms with Crippen molar-refractivity contribution in [2.45, 2.75) is 5.41 Å².